The van der Waals surface area contributed by atoms with Crippen LogP contribution >= 0.6 is 0 Å². The van der Waals surface area contributed by atoms with Crippen molar-refractivity contribution < 1.29 is 19.5 Å². The number of hydrogen-bond acceptors (Lipinski definition) is 3. The van der Waals surface area contributed by atoms with Crippen molar-refractivity contribution in [1.82, 2.24) is 15.5 Å². The Labute approximate surface area is 107 Å². The molecule has 0 spiro atoms. The third-order valence-corrected chi connectivity index (χ3v) is 2.56. The van der Waals surface area contributed by atoms with Gasteiger partial charge in [0.05, 0.1) is 5.92 Å². The average molecular weight is 259 g/mol. The van der Waals surface area contributed by atoms with E-state index in [-0.39, 0.29) is 12.5 Å². The quantitative estimate of drug-likeness (QED) is 0.619. The smallest absolute Gasteiger partial charge is 0.315 e. The van der Waals surface area contributed by atoms with Gasteiger partial charge in [-0.25, -0.2) is 4.79 Å². The molecule has 0 rings (SSSR count). The molecule has 18 heavy (non-hydrogen) atoms. The van der Waals surface area contributed by atoms with Gasteiger partial charge in [-0.1, -0.05) is 6.92 Å². The van der Waals surface area contributed by atoms with Crippen LogP contribution in [0.1, 0.15) is 20.8 Å². The summed E-state index contributed by atoms with van der Waals surface area (Å²) in [5, 5.41) is 13.5. The summed E-state index contributed by atoms with van der Waals surface area (Å²) in [5.41, 5.74) is 0. The van der Waals surface area contributed by atoms with Gasteiger partial charge in [0.2, 0.25) is 5.91 Å². The summed E-state index contributed by atoms with van der Waals surface area (Å²) in [5.74, 6) is -1.84. The Morgan fingerprint density at radius 1 is 1.28 bits per heavy atom. The summed E-state index contributed by atoms with van der Waals surface area (Å²) >= 11 is 0. The molecular weight excluding hydrogens is 238 g/mol. The first-order valence-corrected chi connectivity index (χ1v) is 5.81. The summed E-state index contributed by atoms with van der Waals surface area (Å²) in [4.78, 5) is 35.1. The second-order valence-electron chi connectivity index (χ2n) is 4.17. The molecule has 0 aliphatic heterocycles. The number of nitrogens with zero attached hydrogens (tertiary/aromatic N) is 1. The molecule has 0 bridgehead atoms. The van der Waals surface area contributed by atoms with Crippen LogP contribution < -0.4 is 10.6 Å². The lowest BCUT2D eigenvalue weighted by Gasteiger charge is -2.20. The molecule has 3 amide bonds. The maximum atomic E-state index is 11.6. The molecule has 3 N–H and O–H groups in total. The van der Waals surface area contributed by atoms with Crippen LogP contribution in [-0.2, 0) is 9.59 Å². The van der Waals surface area contributed by atoms with E-state index >= 15 is 0 Å². The van der Waals surface area contributed by atoms with E-state index in [2.05, 4.69) is 10.6 Å². The van der Waals surface area contributed by atoms with E-state index in [1.54, 1.807) is 14.0 Å². The van der Waals surface area contributed by atoms with E-state index in [0.717, 1.165) is 0 Å². The minimum atomic E-state index is -0.981. The highest BCUT2D eigenvalue weighted by molar-refractivity contribution is 5.86. The number of aliphatic carboxylic acids is 1. The Bertz CT molecular complexity index is 319. The number of carbonyl (C=O) groups excluding carboxylic acids is 2. The second-order valence-corrected chi connectivity index (χ2v) is 4.17. The van der Waals surface area contributed by atoms with Gasteiger partial charge in [-0.05, 0) is 13.8 Å². The van der Waals surface area contributed by atoms with Gasteiger partial charge in [-0.3, -0.25) is 9.59 Å². The van der Waals surface area contributed by atoms with Crippen molar-refractivity contribution >= 4 is 17.9 Å². The molecule has 2 atom stereocenters. The summed E-state index contributed by atoms with van der Waals surface area (Å²) < 4.78 is 0. The van der Waals surface area contributed by atoms with E-state index < -0.39 is 24.0 Å². The number of amides is 3. The third kappa shape index (κ3) is 5.51. The molecule has 0 aliphatic carbocycles. The van der Waals surface area contributed by atoms with E-state index in [1.165, 1.54) is 11.8 Å². The molecule has 0 aromatic carbocycles. The van der Waals surface area contributed by atoms with Gasteiger partial charge >= 0.3 is 12.0 Å². The number of hydrogen-bond donors (Lipinski definition) is 3. The van der Waals surface area contributed by atoms with E-state index in [0.29, 0.717) is 6.54 Å². The topological polar surface area (TPSA) is 98.7 Å². The highest BCUT2D eigenvalue weighted by Gasteiger charge is 2.19. The minimum absolute atomic E-state index is 0.0195. The Morgan fingerprint density at radius 2 is 1.83 bits per heavy atom. The van der Waals surface area contributed by atoms with Gasteiger partial charge in [0.1, 0.15) is 6.04 Å². The van der Waals surface area contributed by atoms with Crippen LogP contribution in [-0.4, -0.2) is 54.1 Å². The van der Waals surface area contributed by atoms with Gasteiger partial charge in [0.15, 0.2) is 0 Å². The highest BCUT2D eigenvalue weighted by atomic mass is 16.4. The SMILES string of the molecule is CCN(C)C(=O)C(C)NC(=O)NCC(C)C(=O)O. The van der Waals surface area contributed by atoms with Crippen LogP contribution in [0, 0.1) is 5.92 Å². The van der Waals surface area contributed by atoms with Gasteiger partial charge in [0, 0.05) is 20.1 Å². The zero-order valence-electron chi connectivity index (χ0n) is 11.2. The Morgan fingerprint density at radius 3 is 2.28 bits per heavy atom. The summed E-state index contributed by atoms with van der Waals surface area (Å²) in [6.45, 7) is 5.48. The van der Waals surface area contributed by atoms with Crippen LogP contribution in [0.25, 0.3) is 0 Å². The summed E-state index contributed by atoms with van der Waals surface area (Å²) in [6, 6.07) is -1.19. The average Bonchev–Trinajstić information content (AvgIpc) is 2.33. The lowest BCUT2D eigenvalue weighted by molar-refractivity contribution is -0.140. The highest BCUT2D eigenvalue weighted by Crippen LogP contribution is 1.93. The normalized spacial score (nSPS) is 13.3. The van der Waals surface area contributed by atoms with Crippen LogP contribution in [0.4, 0.5) is 4.79 Å². The molecule has 0 radical (unpaired) electrons. The molecule has 0 fully saturated rings. The monoisotopic (exact) mass is 259 g/mol. The standard InChI is InChI=1S/C11H21N3O4/c1-5-14(4)9(15)8(3)13-11(18)12-6-7(2)10(16)17/h7-8H,5-6H2,1-4H3,(H,16,17)(H2,12,13,18). The number of rotatable bonds is 6. The van der Waals surface area contributed by atoms with E-state index in [4.69, 9.17) is 5.11 Å². The Kier molecular flexibility index (Phi) is 6.77. The zero-order chi connectivity index (χ0) is 14.3. The molecule has 0 aromatic rings. The predicted molar refractivity (Wildman–Crippen MR) is 66.1 cm³/mol. The number of carboxylic acids is 1. The fourth-order valence-electron chi connectivity index (χ4n) is 1.13. The van der Waals surface area contributed by atoms with Crippen molar-refractivity contribution in [3.05, 3.63) is 0 Å². The van der Waals surface area contributed by atoms with Crippen molar-refractivity contribution in [3.8, 4) is 0 Å². The van der Waals surface area contributed by atoms with Crippen LogP contribution in [0.3, 0.4) is 0 Å². The Hall–Kier alpha value is -1.79. The summed E-state index contributed by atoms with van der Waals surface area (Å²) in [7, 11) is 1.64. The van der Waals surface area contributed by atoms with Crippen molar-refractivity contribution in [3.63, 3.8) is 0 Å². The molecule has 0 heterocycles. The number of urea groups is 1. The zero-order valence-corrected chi connectivity index (χ0v) is 11.2. The molecule has 0 saturated carbocycles. The van der Waals surface area contributed by atoms with Crippen molar-refractivity contribution in [2.75, 3.05) is 20.1 Å². The van der Waals surface area contributed by atoms with Gasteiger partial charge in [-0.15, -0.1) is 0 Å². The largest absolute Gasteiger partial charge is 0.481 e. The number of carbonyl (C=O) groups is 3. The lowest BCUT2D eigenvalue weighted by atomic mass is 10.2. The molecule has 2 unspecified atom stereocenters. The Balaban J connectivity index is 4.09. The molecule has 7 nitrogen and oxygen atoms in total. The van der Waals surface area contributed by atoms with Crippen LogP contribution in [0.15, 0.2) is 0 Å². The maximum absolute atomic E-state index is 11.6. The number of nitrogens with one attached hydrogen (secondary N) is 2. The number of carboxylic acid groups (broad SMARTS) is 1. The first kappa shape index (κ1) is 16.2. The van der Waals surface area contributed by atoms with Crippen molar-refractivity contribution in [2.45, 2.75) is 26.8 Å². The maximum Gasteiger partial charge on any atom is 0.315 e. The van der Waals surface area contributed by atoms with Crippen LogP contribution in [0.2, 0.25) is 0 Å². The minimum Gasteiger partial charge on any atom is -0.481 e. The van der Waals surface area contributed by atoms with Gasteiger partial charge < -0.3 is 20.6 Å². The molecule has 0 aromatic heterocycles. The van der Waals surface area contributed by atoms with Gasteiger partial charge in [0.25, 0.3) is 0 Å². The summed E-state index contributed by atoms with van der Waals surface area (Å²) in [6.07, 6.45) is 0. The molecular formula is C11H21N3O4. The molecule has 0 aliphatic rings. The second kappa shape index (κ2) is 7.52. The van der Waals surface area contributed by atoms with E-state index in [1.807, 2.05) is 6.92 Å². The fraction of sp³-hybridized carbons (Fsp3) is 0.727. The van der Waals surface area contributed by atoms with Crippen LogP contribution in [0.5, 0.6) is 0 Å². The van der Waals surface area contributed by atoms with Gasteiger partial charge in [-0.2, -0.15) is 0 Å². The molecule has 7 heteroatoms. The fourth-order valence-corrected chi connectivity index (χ4v) is 1.13. The molecule has 0 saturated heterocycles. The molecule has 104 valence electrons. The number of likely N-dealkylation sites (N-methyl/N-ethyl adjacent to an activating group) is 1. The predicted octanol–water partition coefficient (Wildman–Crippen LogP) is -0.127. The van der Waals surface area contributed by atoms with E-state index in [9.17, 15) is 14.4 Å². The third-order valence-electron chi connectivity index (χ3n) is 2.56. The lowest BCUT2D eigenvalue weighted by Crippen LogP contribution is -2.49. The first-order valence-electron chi connectivity index (χ1n) is 5.81. The van der Waals surface area contributed by atoms with Crippen molar-refractivity contribution in [2.24, 2.45) is 5.92 Å². The van der Waals surface area contributed by atoms with Crippen molar-refractivity contribution in [1.29, 1.82) is 0 Å². The first-order chi connectivity index (χ1) is 8.29.